The van der Waals surface area contributed by atoms with Crippen LogP contribution >= 0.6 is 6.49 Å². The molecule has 2 fully saturated rings. The Labute approximate surface area is 224 Å². The third kappa shape index (κ3) is 4.46. The highest BCUT2D eigenvalue weighted by Gasteiger charge is 2.49. The highest BCUT2D eigenvalue weighted by Crippen LogP contribution is 2.58. The number of hydrogen-bond donors (Lipinski definition) is 5. The Morgan fingerprint density at radius 1 is 1.26 bits per heavy atom. The second-order valence-corrected chi connectivity index (χ2v) is 13.0. The van der Waals surface area contributed by atoms with E-state index in [0.29, 0.717) is 16.6 Å². The number of nitrogens with two attached hydrogens (primary N) is 1. The Morgan fingerprint density at radius 2 is 2.08 bits per heavy atom. The van der Waals surface area contributed by atoms with E-state index in [-0.39, 0.29) is 24.4 Å². The van der Waals surface area contributed by atoms with Crippen LogP contribution in [0.5, 0.6) is 0 Å². The number of nitrogens with zero attached hydrogens (tertiary/aromatic N) is 5. The van der Waals surface area contributed by atoms with Crippen LogP contribution in [0.3, 0.4) is 0 Å². The molecule has 4 aromatic heterocycles. The van der Waals surface area contributed by atoms with Crippen molar-refractivity contribution in [3.63, 3.8) is 0 Å². The summed E-state index contributed by atoms with van der Waals surface area (Å²) in [6.45, 7) is -4.43. The molecule has 39 heavy (non-hydrogen) atoms. The number of imidazole rings is 1. The summed E-state index contributed by atoms with van der Waals surface area (Å²) >= 11 is 5.51. The van der Waals surface area contributed by atoms with Crippen LogP contribution in [-0.2, 0) is 25.8 Å². The number of hydrogen-bond acceptors (Lipinski definition) is 11. The molecule has 208 valence electrons. The number of aromatic nitrogens is 6. The van der Waals surface area contributed by atoms with Gasteiger partial charge < -0.3 is 49.0 Å². The lowest BCUT2D eigenvalue weighted by molar-refractivity contribution is -0.0421. The van der Waals surface area contributed by atoms with Crippen molar-refractivity contribution in [3.05, 3.63) is 47.5 Å². The van der Waals surface area contributed by atoms with E-state index in [1.807, 2.05) is 0 Å². The smallest absolute Gasteiger partial charge is 0.276 e. The van der Waals surface area contributed by atoms with Crippen LogP contribution in [0.2, 0.25) is 0 Å². The molecule has 0 radical (unpaired) electrons. The number of pyridine rings is 1. The standard InChI is InChI=1S/C22H25FN7O7PS/c23-15-17(32)13(37-22(15)29-4-2-11-18(24)26-8-27-19(11)29)7-35-38(34,39)14-5-10(6-31)36-21(14)30-9-28-16-12(30)1-3-25-20(16)33/h1-4,8-10,13-15,17,21-22,31-32H,5-7H2,(H,25,33)(H,34,39)(H2,24,26,27)/t10?,13-,14-,15+,17-,21-,22-,38?/m1/s1. The third-order valence-corrected chi connectivity index (χ3v) is 10.0. The van der Waals surface area contributed by atoms with E-state index in [0.717, 1.165) is 0 Å². The van der Waals surface area contributed by atoms with Crippen molar-refractivity contribution in [2.75, 3.05) is 18.9 Å². The molecule has 17 heteroatoms. The molecule has 8 atom stereocenters. The number of halogens is 1. The average Bonchev–Trinajstić information content (AvgIpc) is 3.69. The van der Waals surface area contributed by atoms with Crippen LogP contribution in [0.4, 0.5) is 10.2 Å². The van der Waals surface area contributed by atoms with Gasteiger partial charge in [0.2, 0.25) is 0 Å². The van der Waals surface area contributed by atoms with Crippen molar-refractivity contribution in [3.8, 4) is 0 Å². The molecule has 6 N–H and O–H groups in total. The number of aromatic amines is 1. The molecule has 14 nitrogen and oxygen atoms in total. The normalized spacial score (nSPS) is 30.8. The number of H-pyrrole nitrogens is 1. The van der Waals surface area contributed by atoms with Gasteiger partial charge in [-0.05, 0) is 30.4 Å². The molecular formula is C22H25FN7O7PS. The SMILES string of the molecule is Nc1ncnc2c1ccn2[C@@H]1O[C@H](COP(O)(=S)[C@@H]2CC(CO)O[C@H]2n2cnc3c(=O)[nH]ccc32)[C@@H](O)[C@@H]1F. The molecule has 0 aromatic carbocycles. The van der Waals surface area contributed by atoms with Crippen molar-refractivity contribution < 1.29 is 33.5 Å². The van der Waals surface area contributed by atoms with Gasteiger partial charge in [-0.15, -0.1) is 0 Å². The Kier molecular flexibility index (Phi) is 6.76. The number of aliphatic hydroxyl groups is 2. The first-order valence-corrected chi connectivity index (χ1v) is 14.8. The largest absolute Gasteiger partial charge is 0.394 e. The van der Waals surface area contributed by atoms with Gasteiger partial charge in [-0.3, -0.25) is 4.79 Å². The lowest BCUT2D eigenvalue weighted by atomic mass is 10.1. The third-order valence-electron chi connectivity index (χ3n) is 7.10. The fourth-order valence-electron chi connectivity index (χ4n) is 5.11. The van der Waals surface area contributed by atoms with Crippen molar-refractivity contribution in [2.24, 2.45) is 0 Å². The summed E-state index contributed by atoms with van der Waals surface area (Å²) in [5.41, 5.74) is 5.62. The zero-order valence-corrected chi connectivity index (χ0v) is 21.9. The second-order valence-electron chi connectivity index (χ2n) is 9.41. The second kappa shape index (κ2) is 9.98. The number of aliphatic hydroxyl groups excluding tert-OH is 2. The van der Waals surface area contributed by atoms with Crippen molar-refractivity contribution >= 4 is 46.2 Å². The Morgan fingerprint density at radius 3 is 2.87 bits per heavy atom. The predicted octanol–water partition coefficient (Wildman–Crippen LogP) is 0.315. The summed E-state index contributed by atoms with van der Waals surface area (Å²) in [5.74, 6) is 0.221. The zero-order chi connectivity index (χ0) is 27.5. The number of ether oxygens (including phenoxy) is 2. The van der Waals surface area contributed by atoms with Gasteiger partial charge in [-0.25, -0.2) is 19.3 Å². The first-order chi connectivity index (χ1) is 18.7. The summed E-state index contributed by atoms with van der Waals surface area (Å²) in [4.78, 5) is 38.2. The van der Waals surface area contributed by atoms with Crippen LogP contribution in [0.15, 0.2) is 42.0 Å². The van der Waals surface area contributed by atoms with E-state index in [2.05, 4.69) is 19.9 Å². The van der Waals surface area contributed by atoms with E-state index >= 15 is 4.39 Å². The predicted molar refractivity (Wildman–Crippen MR) is 139 cm³/mol. The minimum atomic E-state index is -3.70. The molecule has 2 unspecified atom stereocenters. The Hall–Kier alpha value is -2.82. The summed E-state index contributed by atoms with van der Waals surface area (Å²) in [7, 11) is 0. The van der Waals surface area contributed by atoms with E-state index in [1.54, 1.807) is 16.7 Å². The number of rotatable bonds is 7. The summed E-state index contributed by atoms with van der Waals surface area (Å²) in [6.07, 6.45) is -1.54. The van der Waals surface area contributed by atoms with Gasteiger partial charge in [0.05, 0.1) is 42.2 Å². The van der Waals surface area contributed by atoms with Gasteiger partial charge in [-0.2, -0.15) is 0 Å². The molecule has 0 spiro atoms. The molecule has 6 heterocycles. The average molecular weight is 582 g/mol. The van der Waals surface area contributed by atoms with Gasteiger partial charge >= 0.3 is 0 Å². The van der Waals surface area contributed by atoms with Crippen molar-refractivity contribution in [2.45, 2.75) is 49.0 Å². The summed E-state index contributed by atoms with van der Waals surface area (Å²) in [5, 5.41) is 20.8. The van der Waals surface area contributed by atoms with E-state index in [4.69, 9.17) is 31.5 Å². The van der Waals surface area contributed by atoms with Gasteiger partial charge in [-0.1, -0.05) is 0 Å². The first kappa shape index (κ1) is 26.4. The van der Waals surface area contributed by atoms with E-state index in [1.165, 1.54) is 29.6 Å². The molecule has 0 saturated carbocycles. The highest BCUT2D eigenvalue weighted by atomic mass is 32.5. The maximum Gasteiger partial charge on any atom is 0.276 e. The van der Waals surface area contributed by atoms with Crippen LogP contribution in [-0.4, -0.2) is 87.5 Å². The summed E-state index contributed by atoms with van der Waals surface area (Å²) in [6, 6.07) is 3.25. The molecule has 6 rings (SSSR count). The van der Waals surface area contributed by atoms with Crippen molar-refractivity contribution in [1.29, 1.82) is 0 Å². The molecule has 0 bridgehead atoms. The van der Waals surface area contributed by atoms with Gasteiger partial charge in [0.15, 0.2) is 24.4 Å². The topological polar surface area (TPSA) is 196 Å². The zero-order valence-electron chi connectivity index (χ0n) is 20.1. The molecule has 0 amide bonds. The minimum absolute atomic E-state index is 0.163. The fraction of sp³-hybridized carbons (Fsp3) is 0.455. The quantitative estimate of drug-likeness (QED) is 0.188. The van der Waals surface area contributed by atoms with Gasteiger partial charge in [0.25, 0.3) is 5.56 Å². The number of fused-ring (bicyclic) bond motifs is 2. The maximum atomic E-state index is 15.2. The molecule has 2 aliphatic rings. The lowest BCUT2D eigenvalue weighted by Crippen LogP contribution is -2.32. The minimum Gasteiger partial charge on any atom is -0.394 e. The number of alkyl halides is 1. The fourth-order valence-corrected chi connectivity index (χ4v) is 7.45. The molecule has 0 aliphatic carbocycles. The van der Waals surface area contributed by atoms with E-state index < -0.39 is 61.3 Å². The molecule has 2 saturated heterocycles. The highest BCUT2D eigenvalue weighted by molar-refractivity contribution is 8.09. The van der Waals surface area contributed by atoms with Crippen molar-refractivity contribution in [1.82, 2.24) is 29.1 Å². The number of nitrogen functional groups attached to an aromatic ring is 1. The lowest BCUT2D eigenvalue weighted by Gasteiger charge is -2.28. The summed E-state index contributed by atoms with van der Waals surface area (Å²) < 4.78 is 35.6. The van der Waals surface area contributed by atoms with Gasteiger partial charge in [0, 0.05) is 12.4 Å². The van der Waals surface area contributed by atoms with Crippen LogP contribution in [0.1, 0.15) is 18.9 Å². The van der Waals surface area contributed by atoms with Crippen LogP contribution < -0.4 is 11.3 Å². The van der Waals surface area contributed by atoms with Gasteiger partial charge in [0.1, 0.15) is 36.2 Å². The Bertz CT molecular complexity index is 1630. The van der Waals surface area contributed by atoms with E-state index in [9.17, 15) is 19.9 Å². The first-order valence-electron chi connectivity index (χ1n) is 12.0. The molecular weight excluding hydrogens is 556 g/mol. The molecule has 4 aromatic rings. The molecule has 2 aliphatic heterocycles. The maximum absolute atomic E-state index is 15.2. The van der Waals surface area contributed by atoms with Crippen LogP contribution in [0.25, 0.3) is 22.1 Å². The Balaban J connectivity index is 1.21. The van der Waals surface area contributed by atoms with Crippen LogP contribution in [0, 0.1) is 0 Å². The monoisotopic (exact) mass is 581 g/mol. The number of nitrogens with one attached hydrogen (secondary N) is 1. The number of anilines is 1.